The second kappa shape index (κ2) is 8.39. The van der Waals surface area contributed by atoms with Gasteiger partial charge in [-0.25, -0.2) is 8.78 Å². The van der Waals surface area contributed by atoms with Crippen LogP contribution < -0.4 is 10.6 Å². The molecular weight excluding hydrogens is 377 g/mol. The van der Waals surface area contributed by atoms with Gasteiger partial charge in [0.2, 0.25) is 0 Å². The molecule has 0 aliphatic rings. The second-order valence-electron chi connectivity index (χ2n) is 5.68. The Morgan fingerprint density at radius 3 is 1.35 bits per heavy atom. The summed E-state index contributed by atoms with van der Waals surface area (Å²) in [4.78, 5) is 0. The van der Waals surface area contributed by atoms with Crippen molar-refractivity contribution in [3.8, 4) is 0 Å². The Labute approximate surface area is 160 Å². The zero-order valence-electron chi connectivity index (χ0n) is 13.7. The highest BCUT2D eigenvalue weighted by molar-refractivity contribution is 6.31. The lowest BCUT2D eigenvalue weighted by Crippen LogP contribution is -2.04. The molecule has 0 heterocycles. The van der Waals surface area contributed by atoms with Crippen LogP contribution in [-0.2, 0) is 13.1 Å². The first-order valence-electron chi connectivity index (χ1n) is 7.98. The van der Waals surface area contributed by atoms with Crippen molar-refractivity contribution < 1.29 is 8.78 Å². The Balaban J connectivity index is 1.60. The van der Waals surface area contributed by atoms with E-state index in [1.165, 1.54) is 12.1 Å². The SMILES string of the molecule is Fc1cccc(Cl)c1CNc1ccc(NCc2c(F)cccc2Cl)cc1. The van der Waals surface area contributed by atoms with Crippen LogP contribution >= 0.6 is 23.2 Å². The maximum atomic E-state index is 13.8. The molecular formula is C20H16Cl2F2N2. The minimum atomic E-state index is -0.343. The average Bonchev–Trinajstić information content (AvgIpc) is 2.62. The number of hydrogen-bond acceptors (Lipinski definition) is 2. The molecule has 6 heteroatoms. The summed E-state index contributed by atoms with van der Waals surface area (Å²) in [6, 6.07) is 16.6. The van der Waals surface area contributed by atoms with E-state index in [-0.39, 0.29) is 24.7 Å². The molecule has 2 nitrogen and oxygen atoms in total. The molecule has 3 aromatic rings. The van der Waals surface area contributed by atoms with Gasteiger partial charge in [0, 0.05) is 45.6 Å². The summed E-state index contributed by atoms with van der Waals surface area (Å²) in [7, 11) is 0. The zero-order valence-corrected chi connectivity index (χ0v) is 15.2. The van der Waals surface area contributed by atoms with Gasteiger partial charge in [-0.2, -0.15) is 0 Å². The first kappa shape index (κ1) is 18.5. The quantitative estimate of drug-likeness (QED) is 0.500. The van der Waals surface area contributed by atoms with Gasteiger partial charge in [0.05, 0.1) is 0 Å². The van der Waals surface area contributed by atoms with Crippen LogP contribution in [-0.4, -0.2) is 0 Å². The van der Waals surface area contributed by atoms with Crippen molar-refractivity contribution in [3.05, 3.63) is 93.5 Å². The van der Waals surface area contributed by atoms with Crippen LogP contribution in [0.25, 0.3) is 0 Å². The molecule has 2 N–H and O–H groups in total. The molecule has 0 saturated carbocycles. The van der Waals surface area contributed by atoms with Gasteiger partial charge < -0.3 is 10.6 Å². The molecule has 0 aliphatic heterocycles. The zero-order chi connectivity index (χ0) is 18.5. The van der Waals surface area contributed by atoms with Gasteiger partial charge in [-0.1, -0.05) is 35.3 Å². The Kier molecular flexibility index (Phi) is 5.96. The summed E-state index contributed by atoms with van der Waals surface area (Å²) in [5, 5.41) is 7.03. The highest BCUT2D eigenvalue weighted by Gasteiger charge is 2.08. The molecule has 3 aromatic carbocycles. The van der Waals surface area contributed by atoms with Crippen LogP contribution in [0.2, 0.25) is 10.0 Å². The standard InChI is InChI=1S/C20H16Cl2F2N2/c21-17-3-1-5-19(23)15(17)11-25-13-7-9-14(10-8-13)26-12-16-18(22)4-2-6-20(16)24/h1-10,25-26H,11-12H2. The molecule has 0 bridgehead atoms. The van der Waals surface area contributed by atoms with Gasteiger partial charge in [0.1, 0.15) is 11.6 Å². The smallest absolute Gasteiger partial charge is 0.129 e. The molecule has 0 saturated heterocycles. The molecule has 26 heavy (non-hydrogen) atoms. The van der Waals surface area contributed by atoms with E-state index >= 15 is 0 Å². The predicted molar refractivity (Wildman–Crippen MR) is 104 cm³/mol. The third kappa shape index (κ3) is 4.45. The number of halogens is 4. The lowest BCUT2D eigenvalue weighted by atomic mass is 10.2. The maximum Gasteiger partial charge on any atom is 0.129 e. The van der Waals surface area contributed by atoms with Gasteiger partial charge >= 0.3 is 0 Å². The van der Waals surface area contributed by atoms with Crippen LogP contribution in [0.5, 0.6) is 0 Å². The topological polar surface area (TPSA) is 24.1 Å². The van der Waals surface area contributed by atoms with Gasteiger partial charge in [-0.15, -0.1) is 0 Å². The van der Waals surface area contributed by atoms with Crippen molar-refractivity contribution in [3.63, 3.8) is 0 Å². The van der Waals surface area contributed by atoms with Crippen LogP contribution in [0.4, 0.5) is 20.2 Å². The summed E-state index contributed by atoms with van der Waals surface area (Å²) >= 11 is 12.0. The average molecular weight is 393 g/mol. The first-order valence-corrected chi connectivity index (χ1v) is 8.74. The van der Waals surface area contributed by atoms with Gasteiger partial charge in [-0.3, -0.25) is 0 Å². The van der Waals surface area contributed by atoms with Crippen molar-refractivity contribution in [1.82, 2.24) is 0 Å². The molecule has 0 fully saturated rings. The molecule has 0 unspecified atom stereocenters. The molecule has 134 valence electrons. The summed E-state index contributed by atoms with van der Waals surface area (Å²) in [6.45, 7) is 0.562. The Bertz CT molecular complexity index is 784. The Morgan fingerprint density at radius 2 is 1.00 bits per heavy atom. The van der Waals surface area contributed by atoms with Crippen molar-refractivity contribution in [2.24, 2.45) is 0 Å². The number of nitrogens with one attached hydrogen (secondary N) is 2. The molecule has 0 atom stereocenters. The Morgan fingerprint density at radius 1 is 0.615 bits per heavy atom. The van der Waals surface area contributed by atoms with E-state index in [1.54, 1.807) is 24.3 Å². The summed E-state index contributed by atoms with van der Waals surface area (Å²) in [5.41, 5.74) is 2.48. The molecule has 0 amide bonds. The molecule has 0 aliphatic carbocycles. The predicted octanol–water partition coefficient (Wildman–Crippen LogP) is 6.50. The lowest BCUT2D eigenvalue weighted by Gasteiger charge is -2.11. The lowest BCUT2D eigenvalue weighted by molar-refractivity contribution is 0.612. The normalized spacial score (nSPS) is 10.6. The monoisotopic (exact) mass is 392 g/mol. The third-order valence-corrected chi connectivity index (χ3v) is 4.66. The van der Waals surface area contributed by atoms with Crippen LogP contribution in [0.3, 0.4) is 0 Å². The fraction of sp³-hybridized carbons (Fsp3) is 0.100. The minimum Gasteiger partial charge on any atom is -0.381 e. The largest absolute Gasteiger partial charge is 0.381 e. The van der Waals surface area contributed by atoms with Crippen molar-refractivity contribution in [2.75, 3.05) is 10.6 Å². The van der Waals surface area contributed by atoms with Gasteiger partial charge in [0.15, 0.2) is 0 Å². The van der Waals surface area contributed by atoms with E-state index < -0.39 is 0 Å². The highest BCUT2D eigenvalue weighted by Crippen LogP contribution is 2.23. The van der Waals surface area contributed by atoms with Crippen LogP contribution in [0.15, 0.2) is 60.7 Å². The summed E-state index contributed by atoms with van der Waals surface area (Å²) in [5.74, 6) is -0.685. The molecule has 0 aromatic heterocycles. The fourth-order valence-corrected chi connectivity index (χ4v) is 2.95. The highest BCUT2D eigenvalue weighted by atomic mass is 35.5. The Hall–Kier alpha value is -2.30. The maximum absolute atomic E-state index is 13.8. The number of rotatable bonds is 6. The van der Waals surface area contributed by atoms with Crippen LogP contribution in [0.1, 0.15) is 11.1 Å². The van der Waals surface area contributed by atoms with E-state index in [0.29, 0.717) is 21.2 Å². The van der Waals surface area contributed by atoms with E-state index in [9.17, 15) is 8.78 Å². The van der Waals surface area contributed by atoms with E-state index in [2.05, 4.69) is 10.6 Å². The summed E-state index contributed by atoms with van der Waals surface area (Å²) < 4.78 is 27.5. The first-order chi connectivity index (χ1) is 12.5. The molecule has 0 radical (unpaired) electrons. The van der Waals surface area contributed by atoms with E-state index in [1.807, 2.05) is 24.3 Å². The number of benzene rings is 3. The molecule has 0 spiro atoms. The van der Waals surface area contributed by atoms with Crippen molar-refractivity contribution in [1.29, 1.82) is 0 Å². The number of hydrogen-bond donors (Lipinski definition) is 2. The van der Waals surface area contributed by atoms with Crippen molar-refractivity contribution in [2.45, 2.75) is 13.1 Å². The summed E-state index contributed by atoms with van der Waals surface area (Å²) in [6.07, 6.45) is 0. The van der Waals surface area contributed by atoms with E-state index in [0.717, 1.165) is 11.4 Å². The second-order valence-corrected chi connectivity index (χ2v) is 6.50. The number of anilines is 2. The van der Waals surface area contributed by atoms with Gasteiger partial charge in [-0.05, 0) is 48.5 Å². The molecule has 3 rings (SSSR count). The van der Waals surface area contributed by atoms with Gasteiger partial charge in [0.25, 0.3) is 0 Å². The third-order valence-electron chi connectivity index (χ3n) is 3.95. The van der Waals surface area contributed by atoms with Crippen molar-refractivity contribution >= 4 is 34.6 Å². The minimum absolute atomic E-state index is 0.281. The van der Waals surface area contributed by atoms with E-state index in [4.69, 9.17) is 23.2 Å². The van der Waals surface area contributed by atoms with Crippen LogP contribution in [0, 0.1) is 11.6 Å². The fourth-order valence-electron chi connectivity index (χ4n) is 2.49.